The molecule has 2 aromatic carbocycles. The van der Waals surface area contributed by atoms with Crippen LogP contribution in [0, 0.1) is 0 Å². The van der Waals surface area contributed by atoms with E-state index in [0.717, 1.165) is 45.7 Å². The van der Waals surface area contributed by atoms with E-state index in [1.807, 2.05) is 4.90 Å². The maximum atomic E-state index is 13.0. The normalized spacial score (nSPS) is 19.1. The number of fused-ring (bicyclic) bond motifs is 1. The number of anilines is 1. The summed E-state index contributed by atoms with van der Waals surface area (Å²) >= 11 is 0. The lowest BCUT2D eigenvalue weighted by Crippen LogP contribution is -2.55. The number of hydrogen-bond acceptors (Lipinski definition) is 3. The van der Waals surface area contributed by atoms with Gasteiger partial charge in [0.15, 0.2) is 0 Å². The van der Waals surface area contributed by atoms with Gasteiger partial charge < -0.3 is 9.80 Å². The molecule has 4 nitrogen and oxygen atoms in total. The monoisotopic (exact) mass is 349 g/mol. The number of piperazine rings is 1. The van der Waals surface area contributed by atoms with E-state index in [1.165, 1.54) is 16.8 Å². The van der Waals surface area contributed by atoms with E-state index in [4.69, 9.17) is 0 Å². The summed E-state index contributed by atoms with van der Waals surface area (Å²) in [5, 5.41) is 0. The van der Waals surface area contributed by atoms with Gasteiger partial charge in [-0.05, 0) is 36.6 Å². The highest BCUT2D eigenvalue weighted by atomic mass is 16.2. The van der Waals surface area contributed by atoms with Gasteiger partial charge in [-0.15, -0.1) is 0 Å². The summed E-state index contributed by atoms with van der Waals surface area (Å²) in [4.78, 5) is 19.8. The van der Waals surface area contributed by atoms with Crippen LogP contribution in [0.4, 0.5) is 5.69 Å². The van der Waals surface area contributed by atoms with Gasteiger partial charge in [-0.25, -0.2) is 0 Å². The molecule has 0 saturated carbocycles. The van der Waals surface area contributed by atoms with E-state index < -0.39 is 0 Å². The molecule has 136 valence electrons. The first-order valence-corrected chi connectivity index (χ1v) is 9.62. The molecule has 0 radical (unpaired) electrons. The third-order valence-corrected chi connectivity index (χ3v) is 5.78. The molecular weight excluding hydrogens is 322 g/mol. The molecule has 2 aliphatic rings. The molecule has 26 heavy (non-hydrogen) atoms. The number of benzene rings is 2. The average molecular weight is 349 g/mol. The highest BCUT2D eigenvalue weighted by molar-refractivity contribution is 5.81. The van der Waals surface area contributed by atoms with Crippen molar-refractivity contribution in [3.8, 4) is 0 Å². The Morgan fingerprint density at radius 1 is 0.846 bits per heavy atom. The minimum absolute atomic E-state index is 0.0433. The van der Waals surface area contributed by atoms with Crippen LogP contribution in [0.2, 0.25) is 0 Å². The van der Waals surface area contributed by atoms with Crippen LogP contribution >= 0.6 is 0 Å². The summed E-state index contributed by atoms with van der Waals surface area (Å²) in [7, 11) is 0. The van der Waals surface area contributed by atoms with Crippen molar-refractivity contribution in [1.29, 1.82) is 0 Å². The van der Waals surface area contributed by atoms with Crippen LogP contribution in [-0.4, -0.2) is 54.5 Å². The first-order chi connectivity index (χ1) is 12.7. The average Bonchev–Trinajstić information content (AvgIpc) is 2.73. The molecule has 4 rings (SSSR count). The molecule has 0 N–H and O–H groups in total. The van der Waals surface area contributed by atoms with Gasteiger partial charge in [0, 0.05) is 45.0 Å². The quantitative estimate of drug-likeness (QED) is 0.853. The smallest absolute Gasteiger partial charge is 0.239 e. The molecule has 2 aliphatic heterocycles. The van der Waals surface area contributed by atoms with E-state index in [2.05, 4.69) is 71.3 Å². The fourth-order valence-corrected chi connectivity index (χ4v) is 4.11. The fraction of sp³-hybridized carbons (Fsp3) is 0.409. The number of para-hydroxylation sites is 1. The largest absolute Gasteiger partial charge is 0.369 e. The zero-order chi connectivity index (χ0) is 17.9. The van der Waals surface area contributed by atoms with E-state index >= 15 is 0 Å². The van der Waals surface area contributed by atoms with E-state index in [1.54, 1.807) is 0 Å². The van der Waals surface area contributed by atoms with E-state index in [-0.39, 0.29) is 11.9 Å². The van der Waals surface area contributed by atoms with E-state index in [9.17, 15) is 4.79 Å². The second-order valence-corrected chi connectivity index (χ2v) is 7.31. The molecule has 0 bridgehead atoms. The van der Waals surface area contributed by atoms with Gasteiger partial charge in [0.25, 0.3) is 0 Å². The molecular formula is C22H27N3O. The third kappa shape index (κ3) is 3.47. The molecule has 1 fully saturated rings. The maximum Gasteiger partial charge on any atom is 0.239 e. The first kappa shape index (κ1) is 17.1. The standard InChI is InChI=1S/C22H27N3O/c1-18(22(26)25-12-11-19-7-5-6-8-20(19)17-25)23-13-15-24(16-14-23)21-9-3-2-4-10-21/h2-10,18H,11-17H2,1H3/t18-/m1/s1. The number of hydrogen-bond donors (Lipinski definition) is 0. The molecule has 2 heterocycles. The molecule has 0 aromatic heterocycles. The van der Waals surface area contributed by atoms with Crippen molar-refractivity contribution in [1.82, 2.24) is 9.80 Å². The molecule has 0 unspecified atom stereocenters. The number of amides is 1. The van der Waals surface area contributed by atoms with Crippen molar-refractivity contribution in [2.45, 2.75) is 25.9 Å². The van der Waals surface area contributed by atoms with Crippen molar-refractivity contribution in [2.75, 3.05) is 37.6 Å². The van der Waals surface area contributed by atoms with Crippen LogP contribution in [0.1, 0.15) is 18.1 Å². The van der Waals surface area contributed by atoms with Gasteiger partial charge in [0.2, 0.25) is 5.91 Å². The zero-order valence-electron chi connectivity index (χ0n) is 15.5. The molecule has 4 heteroatoms. The number of rotatable bonds is 3. The van der Waals surface area contributed by atoms with Crippen molar-refractivity contribution >= 4 is 11.6 Å². The molecule has 1 amide bonds. The lowest BCUT2D eigenvalue weighted by Gasteiger charge is -2.40. The van der Waals surface area contributed by atoms with Gasteiger partial charge in [-0.1, -0.05) is 42.5 Å². The molecule has 0 aliphatic carbocycles. The van der Waals surface area contributed by atoms with Crippen LogP contribution in [0.15, 0.2) is 54.6 Å². The Labute approximate surface area is 156 Å². The number of carbonyl (C=O) groups excluding carboxylic acids is 1. The Morgan fingerprint density at radius 2 is 1.50 bits per heavy atom. The minimum atomic E-state index is -0.0433. The van der Waals surface area contributed by atoms with Crippen molar-refractivity contribution in [2.24, 2.45) is 0 Å². The Morgan fingerprint density at radius 3 is 2.23 bits per heavy atom. The Balaban J connectivity index is 1.35. The Hall–Kier alpha value is -2.33. The van der Waals surface area contributed by atoms with Gasteiger partial charge in [-0.3, -0.25) is 9.69 Å². The van der Waals surface area contributed by atoms with Gasteiger partial charge in [0.05, 0.1) is 6.04 Å². The second-order valence-electron chi connectivity index (χ2n) is 7.31. The maximum absolute atomic E-state index is 13.0. The third-order valence-electron chi connectivity index (χ3n) is 5.78. The Bertz CT molecular complexity index is 753. The summed E-state index contributed by atoms with van der Waals surface area (Å²) in [6.45, 7) is 7.49. The lowest BCUT2D eigenvalue weighted by atomic mass is 9.99. The van der Waals surface area contributed by atoms with Crippen LogP contribution in [0.25, 0.3) is 0 Å². The predicted molar refractivity (Wildman–Crippen MR) is 105 cm³/mol. The fourth-order valence-electron chi connectivity index (χ4n) is 4.11. The molecule has 0 spiro atoms. The lowest BCUT2D eigenvalue weighted by molar-refractivity contribution is -0.137. The summed E-state index contributed by atoms with van der Waals surface area (Å²) < 4.78 is 0. The second kappa shape index (κ2) is 7.50. The van der Waals surface area contributed by atoms with Crippen LogP contribution in [0.3, 0.4) is 0 Å². The van der Waals surface area contributed by atoms with Crippen LogP contribution in [-0.2, 0) is 17.8 Å². The first-order valence-electron chi connectivity index (χ1n) is 9.62. The summed E-state index contributed by atoms with van der Waals surface area (Å²) in [6.07, 6.45) is 0.969. The molecule has 2 aromatic rings. The van der Waals surface area contributed by atoms with Crippen molar-refractivity contribution in [3.05, 3.63) is 65.7 Å². The number of carbonyl (C=O) groups is 1. The highest BCUT2D eigenvalue weighted by Crippen LogP contribution is 2.21. The van der Waals surface area contributed by atoms with Crippen LogP contribution < -0.4 is 4.90 Å². The van der Waals surface area contributed by atoms with E-state index in [0.29, 0.717) is 0 Å². The summed E-state index contributed by atoms with van der Waals surface area (Å²) in [5.74, 6) is 0.271. The zero-order valence-corrected chi connectivity index (χ0v) is 15.5. The molecule has 1 atom stereocenters. The van der Waals surface area contributed by atoms with Gasteiger partial charge >= 0.3 is 0 Å². The highest BCUT2D eigenvalue weighted by Gasteiger charge is 2.30. The van der Waals surface area contributed by atoms with Crippen molar-refractivity contribution < 1.29 is 4.79 Å². The summed E-state index contributed by atoms with van der Waals surface area (Å²) in [6, 6.07) is 19.0. The topological polar surface area (TPSA) is 26.8 Å². The van der Waals surface area contributed by atoms with Crippen molar-refractivity contribution in [3.63, 3.8) is 0 Å². The SMILES string of the molecule is C[C@H](C(=O)N1CCc2ccccc2C1)N1CCN(c2ccccc2)CC1. The van der Waals surface area contributed by atoms with Gasteiger partial charge in [-0.2, -0.15) is 0 Å². The predicted octanol–water partition coefficient (Wildman–Crippen LogP) is 2.78. The Kier molecular flexibility index (Phi) is 4.93. The molecule has 1 saturated heterocycles. The van der Waals surface area contributed by atoms with Gasteiger partial charge in [0.1, 0.15) is 0 Å². The number of nitrogens with zero attached hydrogens (tertiary/aromatic N) is 3. The summed E-state index contributed by atoms with van der Waals surface area (Å²) in [5.41, 5.74) is 3.97. The van der Waals surface area contributed by atoms with Crippen LogP contribution in [0.5, 0.6) is 0 Å². The minimum Gasteiger partial charge on any atom is -0.369 e.